The summed E-state index contributed by atoms with van der Waals surface area (Å²) in [5, 5.41) is 0.396. The monoisotopic (exact) mass is 551 g/mol. The Hall–Kier alpha value is -3.49. The van der Waals surface area contributed by atoms with E-state index in [-0.39, 0.29) is 29.9 Å². The van der Waals surface area contributed by atoms with Crippen LogP contribution in [0.5, 0.6) is 0 Å². The van der Waals surface area contributed by atoms with Gasteiger partial charge in [-0.15, -0.1) is 0 Å². The van der Waals surface area contributed by atoms with Gasteiger partial charge in [0.1, 0.15) is 5.82 Å². The highest BCUT2D eigenvalue weighted by Crippen LogP contribution is 2.31. The number of aromatic nitrogens is 2. The molecule has 0 N–H and O–H groups in total. The van der Waals surface area contributed by atoms with E-state index in [1.807, 2.05) is 30.3 Å². The van der Waals surface area contributed by atoms with Crippen molar-refractivity contribution in [3.8, 4) is 0 Å². The minimum atomic E-state index is -3.87. The zero-order chi connectivity index (χ0) is 26.7. The lowest BCUT2D eigenvalue weighted by molar-refractivity contribution is 0.0731. The quantitative estimate of drug-likeness (QED) is 0.251. The Balaban J connectivity index is 1.50. The number of benzene rings is 3. The first kappa shape index (κ1) is 26.1. The van der Waals surface area contributed by atoms with Gasteiger partial charge in [-0.3, -0.25) is 4.79 Å². The van der Waals surface area contributed by atoms with Crippen molar-refractivity contribution in [2.45, 2.75) is 36.8 Å². The van der Waals surface area contributed by atoms with Gasteiger partial charge in [0.05, 0.1) is 30.7 Å². The van der Waals surface area contributed by atoms with E-state index >= 15 is 0 Å². The Morgan fingerprint density at radius 3 is 2.42 bits per heavy atom. The van der Waals surface area contributed by atoms with Crippen LogP contribution < -0.4 is 0 Å². The van der Waals surface area contributed by atoms with Crippen LogP contribution in [-0.4, -0.2) is 35.3 Å². The van der Waals surface area contributed by atoms with Gasteiger partial charge < -0.3 is 9.47 Å². The second-order valence-electron chi connectivity index (χ2n) is 9.63. The van der Waals surface area contributed by atoms with Gasteiger partial charge in [-0.1, -0.05) is 60.1 Å². The molecular weight excluding hydrogens is 525 g/mol. The Labute approximate surface area is 226 Å². The van der Waals surface area contributed by atoms with Crippen LogP contribution >= 0.6 is 11.6 Å². The Morgan fingerprint density at radius 1 is 1.00 bits per heavy atom. The molecule has 1 aromatic heterocycles. The van der Waals surface area contributed by atoms with Crippen LogP contribution in [0.15, 0.2) is 90.2 Å². The lowest BCUT2D eigenvalue weighted by atomic mass is 10.2. The standard InChI is InChI=1S/C29H27ClFN3O3S/c30-25-8-4-7-24(15-25)28(35)33(17-22-9-10-22)19-27-16-32-29(34(27)18-21-5-2-1-3-6-21)38(36,37)20-23-11-13-26(31)14-12-23/h1-8,11-16,22H,9-10,17-20H2. The fourth-order valence-corrected chi connectivity index (χ4v) is 6.08. The first-order valence-corrected chi connectivity index (χ1v) is 14.4. The maximum absolute atomic E-state index is 13.5. The summed E-state index contributed by atoms with van der Waals surface area (Å²) in [4.78, 5) is 19.6. The maximum Gasteiger partial charge on any atom is 0.254 e. The van der Waals surface area contributed by atoms with Gasteiger partial charge in [-0.05, 0) is 60.2 Å². The number of sulfone groups is 1. The fourth-order valence-electron chi connectivity index (χ4n) is 4.40. The van der Waals surface area contributed by atoms with E-state index in [9.17, 15) is 17.6 Å². The lowest BCUT2D eigenvalue weighted by Crippen LogP contribution is -2.33. The summed E-state index contributed by atoms with van der Waals surface area (Å²) in [7, 11) is -3.87. The van der Waals surface area contributed by atoms with Crippen LogP contribution in [0.3, 0.4) is 0 Å². The van der Waals surface area contributed by atoms with Crippen molar-refractivity contribution in [1.82, 2.24) is 14.5 Å². The minimum Gasteiger partial charge on any atom is -0.332 e. The normalized spacial score (nSPS) is 13.4. The number of hydrogen-bond acceptors (Lipinski definition) is 4. The average molecular weight is 552 g/mol. The van der Waals surface area contributed by atoms with Crippen LogP contribution in [0.2, 0.25) is 5.02 Å². The molecule has 0 bridgehead atoms. The number of hydrogen-bond donors (Lipinski definition) is 0. The molecule has 0 atom stereocenters. The average Bonchev–Trinajstić information content (AvgIpc) is 3.63. The number of rotatable bonds is 10. The summed E-state index contributed by atoms with van der Waals surface area (Å²) >= 11 is 6.14. The molecule has 1 heterocycles. The molecule has 1 fully saturated rings. The van der Waals surface area contributed by atoms with Crippen molar-refractivity contribution in [2.75, 3.05) is 6.54 Å². The number of nitrogens with zero attached hydrogens (tertiary/aromatic N) is 3. The maximum atomic E-state index is 13.5. The third-order valence-electron chi connectivity index (χ3n) is 6.52. The molecular formula is C29H27ClFN3O3S. The first-order chi connectivity index (χ1) is 18.3. The summed E-state index contributed by atoms with van der Waals surface area (Å²) in [6.45, 7) is 1.05. The van der Waals surface area contributed by atoms with Crippen molar-refractivity contribution >= 4 is 27.3 Å². The van der Waals surface area contributed by atoms with Crippen LogP contribution in [0.1, 0.15) is 40.0 Å². The van der Waals surface area contributed by atoms with Gasteiger partial charge in [0.15, 0.2) is 0 Å². The summed E-state index contributed by atoms with van der Waals surface area (Å²) in [5.74, 6) is -0.488. The summed E-state index contributed by atoms with van der Waals surface area (Å²) in [6.07, 6.45) is 3.64. The van der Waals surface area contributed by atoms with Gasteiger partial charge in [-0.25, -0.2) is 17.8 Å². The largest absolute Gasteiger partial charge is 0.332 e. The Morgan fingerprint density at radius 2 is 1.74 bits per heavy atom. The molecule has 0 unspecified atom stereocenters. The third-order valence-corrected chi connectivity index (χ3v) is 8.35. The molecule has 1 aliphatic rings. The summed E-state index contributed by atoms with van der Waals surface area (Å²) < 4.78 is 42.0. The summed E-state index contributed by atoms with van der Waals surface area (Å²) in [5.41, 5.74) is 2.47. The summed E-state index contributed by atoms with van der Waals surface area (Å²) in [6, 6.07) is 21.7. The van der Waals surface area contributed by atoms with E-state index in [1.54, 1.807) is 33.7 Å². The molecule has 4 aromatic rings. The number of halogens is 2. The number of imidazole rings is 1. The molecule has 0 spiro atoms. The highest BCUT2D eigenvalue weighted by Gasteiger charge is 2.30. The van der Waals surface area contributed by atoms with Crippen LogP contribution in [0.4, 0.5) is 4.39 Å². The second-order valence-corrected chi connectivity index (χ2v) is 11.9. The van der Waals surface area contributed by atoms with Gasteiger partial charge in [0.25, 0.3) is 5.91 Å². The molecule has 5 rings (SSSR count). The van der Waals surface area contributed by atoms with Crippen molar-refractivity contribution in [3.63, 3.8) is 0 Å². The van der Waals surface area contributed by atoms with E-state index in [0.29, 0.717) is 34.3 Å². The molecule has 1 amide bonds. The van der Waals surface area contributed by atoms with E-state index in [0.717, 1.165) is 18.4 Å². The molecule has 196 valence electrons. The number of carbonyl (C=O) groups is 1. The predicted molar refractivity (Wildman–Crippen MR) is 144 cm³/mol. The van der Waals surface area contributed by atoms with Gasteiger partial charge in [0.2, 0.25) is 15.0 Å². The molecule has 0 aliphatic heterocycles. The Bertz CT molecular complexity index is 1540. The molecule has 1 aliphatic carbocycles. The highest BCUT2D eigenvalue weighted by atomic mass is 35.5. The predicted octanol–water partition coefficient (Wildman–Crippen LogP) is 5.75. The SMILES string of the molecule is O=C(c1cccc(Cl)c1)N(Cc1cnc(S(=O)(=O)Cc2ccc(F)cc2)n1Cc1ccccc1)CC1CC1. The van der Waals surface area contributed by atoms with Crippen LogP contribution in [0.25, 0.3) is 0 Å². The van der Waals surface area contributed by atoms with E-state index < -0.39 is 15.7 Å². The van der Waals surface area contributed by atoms with E-state index in [4.69, 9.17) is 11.6 Å². The van der Waals surface area contributed by atoms with Gasteiger partial charge >= 0.3 is 0 Å². The molecule has 9 heteroatoms. The smallest absolute Gasteiger partial charge is 0.254 e. The zero-order valence-corrected chi connectivity index (χ0v) is 22.2. The third kappa shape index (κ3) is 6.31. The van der Waals surface area contributed by atoms with Gasteiger partial charge in [-0.2, -0.15) is 0 Å². The topological polar surface area (TPSA) is 72.3 Å². The van der Waals surface area contributed by atoms with Crippen LogP contribution in [0, 0.1) is 11.7 Å². The molecule has 6 nitrogen and oxygen atoms in total. The molecule has 0 radical (unpaired) electrons. The Kier molecular flexibility index (Phi) is 7.63. The minimum absolute atomic E-state index is 0.0812. The van der Waals surface area contributed by atoms with Crippen LogP contribution in [-0.2, 0) is 28.7 Å². The zero-order valence-electron chi connectivity index (χ0n) is 20.6. The molecule has 38 heavy (non-hydrogen) atoms. The van der Waals surface area contributed by atoms with Crippen molar-refractivity contribution < 1.29 is 17.6 Å². The van der Waals surface area contributed by atoms with Crippen molar-refractivity contribution in [3.05, 3.63) is 118 Å². The molecule has 1 saturated carbocycles. The molecule has 0 saturated heterocycles. The first-order valence-electron chi connectivity index (χ1n) is 12.4. The lowest BCUT2D eigenvalue weighted by Gasteiger charge is -2.24. The van der Waals surface area contributed by atoms with Gasteiger partial charge in [0, 0.05) is 17.1 Å². The highest BCUT2D eigenvalue weighted by molar-refractivity contribution is 7.90. The fraction of sp³-hybridized carbons (Fsp3) is 0.241. The number of carbonyl (C=O) groups excluding carboxylic acids is 1. The van der Waals surface area contributed by atoms with E-state index in [1.165, 1.54) is 30.5 Å². The van der Waals surface area contributed by atoms with E-state index in [2.05, 4.69) is 4.98 Å². The molecule has 3 aromatic carbocycles. The van der Waals surface area contributed by atoms with Crippen molar-refractivity contribution in [1.29, 1.82) is 0 Å². The van der Waals surface area contributed by atoms with Crippen molar-refractivity contribution in [2.24, 2.45) is 5.92 Å². The number of amides is 1. The second kappa shape index (κ2) is 11.1.